The molecule has 3 aromatic rings. The molecule has 0 aliphatic carbocycles. The molecule has 2 aromatic carbocycles. The Balaban J connectivity index is 2.00. The minimum absolute atomic E-state index is 0.302. The van der Waals surface area contributed by atoms with Gasteiger partial charge in [0, 0.05) is 21.5 Å². The molecule has 0 radical (unpaired) electrons. The maximum Gasteiger partial charge on any atom is 0.139 e. The van der Waals surface area contributed by atoms with Gasteiger partial charge in [-0.3, -0.25) is 0 Å². The third-order valence-corrected chi connectivity index (χ3v) is 4.99. The van der Waals surface area contributed by atoms with Crippen LogP contribution in [0.25, 0.3) is 11.0 Å². The summed E-state index contributed by atoms with van der Waals surface area (Å²) in [6.07, 6.45) is -0.327. The monoisotopic (exact) mass is 380 g/mol. The number of nitrogens with zero attached hydrogens (tertiary/aromatic N) is 2. The topological polar surface area (TPSA) is 38.0 Å². The SMILES string of the molecule is OC1C[C@H](c2c(F)cccc2Br)n2c1nc1ccc(Cl)cc12. The highest BCUT2D eigenvalue weighted by Gasteiger charge is 2.36. The first-order valence-corrected chi connectivity index (χ1v) is 8.02. The van der Waals surface area contributed by atoms with E-state index >= 15 is 0 Å². The Bertz CT molecular complexity index is 875. The molecule has 4 rings (SSSR count). The predicted octanol–water partition coefficient (Wildman–Crippen LogP) is 4.62. The van der Waals surface area contributed by atoms with Crippen molar-refractivity contribution >= 4 is 38.6 Å². The van der Waals surface area contributed by atoms with Gasteiger partial charge in [-0.2, -0.15) is 0 Å². The molecule has 3 nitrogen and oxygen atoms in total. The van der Waals surface area contributed by atoms with Crippen molar-refractivity contribution in [2.45, 2.75) is 18.6 Å². The maximum atomic E-state index is 14.3. The smallest absolute Gasteiger partial charge is 0.139 e. The average molecular weight is 382 g/mol. The van der Waals surface area contributed by atoms with Crippen molar-refractivity contribution < 1.29 is 9.50 Å². The molecule has 112 valence electrons. The highest BCUT2D eigenvalue weighted by Crippen LogP contribution is 2.44. The summed E-state index contributed by atoms with van der Waals surface area (Å²) in [5, 5.41) is 10.9. The largest absolute Gasteiger partial charge is 0.385 e. The molecule has 0 spiro atoms. The van der Waals surface area contributed by atoms with Crippen LogP contribution < -0.4 is 0 Å². The lowest BCUT2D eigenvalue weighted by molar-refractivity contribution is 0.172. The van der Waals surface area contributed by atoms with Gasteiger partial charge >= 0.3 is 0 Å². The molecule has 0 saturated heterocycles. The van der Waals surface area contributed by atoms with Gasteiger partial charge in [-0.05, 0) is 30.3 Å². The maximum absolute atomic E-state index is 14.3. The molecule has 1 aliphatic heterocycles. The Morgan fingerprint density at radius 3 is 2.91 bits per heavy atom. The van der Waals surface area contributed by atoms with Crippen LogP contribution in [0, 0.1) is 5.82 Å². The lowest BCUT2D eigenvalue weighted by Crippen LogP contribution is -2.08. The van der Waals surface area contributed by atoms with Crippen molar-refractivity contribution in [1.82, 2.24) is 9.55 Å². The van der Waals surface area contributed by atoms with Gasteiger partial charge < -0.3 is 9.67 Å². The Kier molecular flexibility index (Phi) is 3.25. The zero-order valence-electron chi connectivity index (χ0n) is 11.3. The molecule has 0 bridgehead atoms. The molecular formula is C16H11BrClFN2O. The summed E-state index contributed by atoms with van der Waals surface area (Å²) in [5.41, 5.74) is 2.08. The second-order valence-electron chi connectivity index (χ2n) is 5.38. The van der Waals surface area contributed by atoms with Crippen molar-refractivity contribution in [3.8, 4) is 0 Å². The average Bonchev–Trinajstić information content (AvgIpc) is 2.98. The van der Waals surface area contributed by atoms with Crippen LogP contribution in [-0.2, 0) is 0 Å². The van der Waals surface area contributed by atoms with Gasteiger partial charge in [0.2, 0.25) is 0 Å². The summed E-state index contributed by atoms with van der Waals surface area (Å²) >= 11 is 9.50. The van der Waals surface area contributed by atoms with Crippen LogP contribution in [0.1, 0.15) is 30.0 Å². The van der Waals surface area contributed by atoms with E-state index in [1.165, 1.54) is 6.07 Å². The van der Waals surface area contributed by atoms with Gasteiger partial charge in [-0.25, -0.2) is 9.37 Å². The van der Waals surface area contributed by atoms with E-state index in [1.54, 1.807) is 24.3 Å². The molecule has 1 N–H and O–H groups in total. The van der Waals surface area contributed by atoms with E-state index in [-0.39, 0.29) is 11.9 Å². The summed E-state index contributed by atoms with van der Waals surface area (Å²) < 4.78 is 16.9. The molecule has 1 unspecified atom stereocenters. The number of benzene rings is 2. The number of aliphatic hydroxyl groups excluding tert-OH is 1. The van der Waals surface area contributed by atoms with Crippen LogP contribution in [0.15, 0.2) is 40.9 Å². The molecule has 2 atom stereocenters. The van der Waals surface area contributed by atoms with Gasteiger partial charge in [0.15, 0.2) is 0 Å². The molecule has 1 aromatic heterocycles. The summed E-state index contributed by atoms with van der Waals surface area (Å²) in [7, 11) is 0. The third-order valence-electron chi connectivity index (χ3n) is 4.07. The van der Waals surface area contributed by atoms with E-state index in [1.807, 2.05) is 10.6 Å². The summed E-state index contributed by atoms with van der Waals surface area (Å²) in [6, 6.07) is 9.93. The standard InChI is InChI=1S/C16H11BrClFN2O/c17-9-2-1-3-10(19)15(9)13-7-14(22)16-20-11-5-4-8(18)6-12(11)21(13)16/h1-6,13-14,22H,7H2/t13-,14?/m1/s1. The number of imidazole rings is 1. The first-order chi connectivity index (χ1) is 10.6. The Labute approximate surface area is 139 Å². The van der Waals surface area contributed by atoms with Crippen molar-refractivity contribution in [3.63, 3.8) is 0 Å². The van der Waals surface area contributed by atoms with E-state index in [2.05, 4.69) is 20.9 Å². The number of aliphatic hydroxyl groups is 1. The highest BCUT2D eigenvalue weighted by atomic mass is 79.9. The predicted molar refractivity (Wildman–Crippen MR) is 86.6 cm³/mol. The lowest BCUT2D eigenvalue weighted by atomic mass is 10.0. The van der Waals surface area contributed by atoms with Gasteiger partial charge in [-0.1, -0.05) is 33.6 Å². The van der Waals surface area contributed by atoms with Gasteiger partial charge in [-0.15, -0.1) is 0 Å². The van der Waals surface area contributed by atoms with Crippen molar-refractivity contribution in [2.75, 3.05) is 0 Å². The first kappa shape index (κ1) is 14.2. The van der Waals surface area contributed by atoms with Crippen LogP contribution in [0.2, 0.25) is 5.02 Å². The Morgan fingerprint density at radius 1 is 1.32 bits per heavy atom. The summed E-state index contributed by atoms with van der Waals surface area (Å²) in [4.78, 5) is 4.47. The van der Waals surface area contributed by atoms with Crippen molar-refractivity contribution in [3.05, 3.63) is 63.1 Å². The van der Waals surface area contributed by atoms with Crippen LogP contribution >= 0.6 is 27.5 Å². The molecule has 6 heteroatoms. The fourth-order valence-corrected chi connectivity index (χ4v) is 3.92. The molecule has 1 aliphatic rings. The Morgan fingerprint density at radius 2 is 2.14 bits per heavy atom. The van der Waals surface area contributed by atoms with Gasteiger partial charge in [0.1, 0.15) is 17.7 Å². The lowest BCUT2D eigenvalue weighted by Gasteiger charge is -2.17. The molecule has 0 saturated carbocycles. The van der Waals surface area contributed by atoms with E-state index in [0.29, 0.717) is 27.3 Å². The quantitative estimate of drug-likeness (QED) is 0.668. The molecule has 0 amide bonds. The first-order valence-electron chi connectivity index (χ1n) is 6.85. The normalized spacial score (nSPS) is 20.5. The second-order valence-corrected chi connectivity index (χ2v) is 6.67. The Hall–Kier alpha value is -1.43. The van der Waals surface area contributed by atoms with Gasteiger partial charge in [0.25, 0.3) is 0 Å². The van der Waals surface area contributed by atoms with Crippen molar-refractivity contribution in [2.24, 2.45) is 0 Å². The molecule has 0 fully saturated rings. The van der Waals surface area contributed by atoms with Crippen LogP contribution in [0.4, 0.5) is 4.39 Å². The number of hydrogen-bond acceptors (Lipinski definition) is 2. The van der Waals surface area contributed by atoms with Crippen LogP contribution in [-0.4, -0.2) is 14.7 Å². The number of aromatic nitrogens is 2. The fraction of sp³-hybridized carbons (Fsp3) is 0.188. The minimum atomic E-state index is -0.720. The molecule has 2 heterocycles. The number of halogens is 3. The summed E-state index contributed by atoms with van der Waals surface area (Å²) in [6.45, 7) is 0. The fourth-order valence-electron chi connectivity index (χ4n) is 3.15. The number of fused-ring (bicyclic) bond motifs is 3. The zero-order valence-corrected chi connectivity index (χ0v) is 13.6. The van der Waals surface area contributed by atoms with E-state index < -0.39 is 6.10 Å². The van der Waals surface area contributed by atoms with E-state index in [0.717, 1.165) is 11.0 Å². The third kappa shape index (κ3) is 2.00. The zero-order chi connectivity index (χ0) is 15.4. The van der Waals surface area contributed by atoms with E-state index in [4.69, 9.17) is 11.6 Å². The minimum Gasteiger partial charge on any atom is -0.385 e. The van der Waals surface area contributed by atoms with Crippen LogP contribution in [0.3, 0.4) is 0 Å². The number of rotatable bonds is 1. The van der Waals surface area contributed by atoms with Crippen molar-refractivity contribution in [1.29, 1.82) is 0 Å². The van der Waals surface area contributed by atoms with E-state index in [9.17, 15) is 9.50 Å². The van der Waals surface area contributed by atoms with Crippen LogP contribution in [0.5, 0.6) is 0 Å². The van der Waals surface area contributed by atoms with Gasteiger partial charge in [0.05, 0.1) is 17.1 Å². The highest BCUT2D eigenvalue weighted by molar-refractivity contribution is 9.10. The molecular weight excluding hydrogens is 371 g/mol. The number of hydrogen-bond donors (Lipinski definition) is 1. The summed E-state index contributed by atoms with van der Waals surface area (Å²) in [5.74, 6) is 0.251. The second kappa shape index (κ2) is 5.05. The molecule has 22 heavy (non-hydrogen) atoms.